The number of aromatic nitrogens is 1. The summed E-state index contributed by atoms with van der Waals surface area (Å²) < 4.78 is 0. The Morgan fingerprint density at radius 3 is 2.26 bits per heavy atom. The first-order valence-electron chi connectivity index (χ1n) is 5.69. The maximum Gasteiger partial charge on any atom is 0.142 e. The summed E-state index contributed by atoms with van der Waals surface area (Å²) >= 11 is 11.8. The Hall–Kier alpha value is -1.77. The van der Waals surface area contributed by atoms with Crippen LogP contribution < -0.4 is 0 Å². The first-order chi connectivity index (χ1) is 9.13. The molecule has 3 rings (SSSR count). The summed E-state index contributed by atoms with van der Waals surface area (Å²) in [4.78, 5) is 4.46. The van der Waals surface area contributed by atoms with E-state index in [9.17, 15) is 5.11 Å². The third-order valence-electron chi connectivity index (χ3n) is 2.87. The van der Waals surface area contributed by atoms with Crippen molar-refractivity contribution in [3.8, 4) is 17.0 Å². The molecule has 0 bridgehead atoms. The van der Waals surface area contributed by atoms with Gasteiger partial charge in [-0.3, -0.25) is 0 Å². The van der Waals surface area contributed by atoms with Gasteiger partial charge in [-0.15, -0.1) is 0 Å². The maximum absolute atomic E-state index is 10.1. The van der Waals surface area contributed by atoms with Crippen molar-refractivity contribution in [3.63, 3.8) is 0 Å². The standard InChI is InChI=1S/C15H9Cl2NO/c16-11-3-1-9(2-4-11)15-14(19)8-10-7-12(17)5-6-13(10)18-15/h1-8,19H. The molecular formula is C15H9Cl2NO. The van der Waals surface area contributed by atoms with Gasteiger partial charge in [-0.25, -0.2) is 4.98 Å². The summed E-state index contributed by atoms with van der Waals surface area (Å²) in [6, 6.07) is 14.2. The number of benzene rings is 2. The maximum atomic E-state index is 10.1. The van der Waals surface area contributed by atoms with Crippen molar-refractivity contribution < 1.29 is 5.11 Å². The second kappa shape index (κ2) is 4.72. The summed E-state index contributed by atoms with van der Waals surface area (Å²) in [5, 5.41) is 12.2. The minimum atomic E-state index is 0.122. The number of nitrogens with zero attached hydrogens (tertiary/aromatic N) is 1. The van der Waals surface area contributed by atoms with Crippen molar-refractivity contribution in [2.24, 2.45) is 0 Å². The first kappa shape index (κ1) is 12.3. The minimum absolute atomic E-state index is 0.122. The molecule has 0 aliphatic carbocycles. The molecule has 0 saturated heterocycles. The first-order valence-corrected chi connectivity index (χ1v) is 6.44. The molecule has 19 heavy (non-hydrogen) atoms. The van der Waals surface area contributed by atoms with Gasteiger partial charge in [0.05, 0.1) is 5.52 Å². The van der Waals surface area contributed by atoms with Crippen molar-refractivity contribution in [1.29, 1.82) is 0 Å². The molecule has 2 aromatic carbocycles. The van der Waals surface area contributed by atoms with Crippen LogP contribution in [0.3, 0.4) is 0 Å². The van der Waals surface area contributed by atoms with Gasteiger partial charge in [0, 0.05) is 21.0 Å². The van der Waals surface area contributed by atoms with Gasteiger partial charge in [-0.2, -0.15) is 0 Å². The van der Waals surface area contributed by atoms with E-state index in [4.69, 9.17) is 23.2 Å². The molecule has 0 amide bonds. The summed E-state index contributed by atoms with van der Waals surface area (Å²) in [5.41, 5.74) is 2.14. The number of aromatic hydroxyl groups is 1. The Bertz CT molecular complexity index is 754. The molecule has 1 aromatic heterocycles. The zero-order chi connectivity index (χ0) is 13.4. The number of pyridine rings is 1. The van der Waals surface area contributed by atoms with Gasteiger partial charge in [-0.05, 0) is 36.4 Å². The molecule has 1 heterocycles. The Morgan fingerprint density at radius 1 is 0.842 bits per heavy atom. The monoisotopic (exact) mass is 289 g/mol. The van der Waals surface area contributed by atoms with Gasteiger partial charge in [0.2, 0.25) is 0 Å². The Morgan fingerprint density at radius 2 is 1.53 bits per heavy atom. The predicted octanol–water partition coefficient (Wildman–Crippen LogP) is 4.91. The fraction of sp³-hybridized carbons (Fsp3) is 0. The van der Waals surface area contributed by atoms with Crippen molar-refractivity contribution >= 4 is 34.1 Å². The van der Waals surface area contributed by atoms with Crippen molar-refractivity contribution in [2.45, 2.75) is 0 Å². The van der Waals surface area contributed by atoms with Gasteiger partial charge < -0.3 is 5.11 Å². The molecule has 0 aliphatic rings. The van der Waals surface area contributed by atoms with Gasteiger partial charge in [0.25, 0.3) is 0 Å². The molecule has 0 fully saturated rings. The van der Waals surface area contributed by atoms with Crippen LogP contribution in [0.4, 0.5) is 0 Å². The Labute approximate surface area is 120 Å². The van der Waals surface area contributed by atoms with Crippen LogP contribution in [0.2, 0.25) is 10.0 Å². The highest BCUT2D eigenvalue weighted by Gasteiger charge is 2.08. The smallest absolute Gasteiger partial charge is 0.142 e. The van der Waals surface area contributed by atoms with Gasteiger partial charge in [-0.1, -0.05) is 35.3 Å². The average Bonchev–Trinajstić information content (AvgIpc) is 2.39. The molecule has 94 valence electrons. The molecule has 3 aromatic rings. The fourth-order valence-electron chi connectivity index (χ4n) is 1.96. The zero-order valence-corrected chi connectivity index (χ0v) is 11.3. The fourth-order valence-corrected chi connectivity index (χ4v) is 2.26. The van der Waals surface area contributed by atoms with E-state index in [-0.39, 0.29) is 5.75 Å². The summed E-state index contributed by atoms with van der Waals surface area (Å²) in [6.45, 7) is 0. The van der Waals surface area contributed by atoms with Crippen LogP contribution in [0, 0.1) is 0 Å². The lowest BCUT2D eigenvalue weighted by Crippen LogP contribution is -1.87. The van der Waals surface area contributed by atoms with Gasteiger partial charge in [0.1, 0.15) is 11.4 Å². The van der Waals surface area contributed by atoms with E-state index < -0.39 is 0 Å². The van der Waals surface area contributed by atoms with Crippen LogP contribution in [0.15, 0.2) is 48.5 Å². The van der Waals surface area contributed by atoms with E-state index >= 15 is 0 Å². The molecule has 0 radical (unpaired) electrons. The lowest BCUT2D eigenvalue weighted by atomic mass is 10.1. The molecule has 0 aliphatic heterocycles. The van der Waals surface area contributed by atoms with Crippen LogP contribution >= 0.6 is 23.2 Å². The number of fused-ring (bicyclic) bond motifs is 1. The van der Waals surface area contributed by atoms with Crippen LogP contribution in [0.1, 0.15) is 0 Å². The third-order valence-corrected chi connectivity index (χ3v) is 3.36. The SMILES string of the molecule is Oc1cc2cc(Cl)ccc2nc1-c1ccc(Cl)cc1. The van der Waals surface area contributed by atoms with Crippen LogP contribution in [-0.4, -0.2) is 10.1 Å². The predicted molar refractivity (Wildman–Crippen MR) is 78.9 cm³/mol. The third kappa shape index (κ3) is 2.37. The second-order valence-electron chi connectivity index (χ2n) is 4.20. The molecule has 4 heteroatoms. The highest BCUT2D eigenvalue weighted by molar-refractivity contribution is 6.31. The zero-order valence-electron chi connectivity index (χ0n) is 9.77. The molecule has 0 unspecified atom stereocenters. The number of hydrogen-bond donors (Lipinski definition) is 1. The average molecular weight is 290 g/mol. The van der Waals surface area contributed by atoms with Crippen molar-refractivity contribution in [3.05, 3.63) is 58.6 Å². The highest BCUT2D eigenvalue weighted by Crippen LogP contribution is 2.31. The normalized spacial score (nSPS) is 10.8. The molecule has 0 saturated carbocycles. The second-order valence-corrected chi connectivity index (χ2v) is 5.07. The largest absolute Gasteiger partial charge is 0.506 e. The molecular weight excluding hydrogens is 281 g/mol. The number of halogens is 2. The van der Waals surface area contributed by atoms with Crippen LogP contribution in [-0.2, 0) is 0 Å². The van der Waals surface area contributed by atoms with E-state index in [1.807, 2.05) is 18.2 Å². The number of rotatable bonds is 1. The van der Waals surface area contributed by atoms with E-state index in [1.165, 1.54) is 0 Å². The lowest BCUT2D eigenvalue weighted by molar-refractivity contribution is 0.476. The van der Waals surface area contributed by atoms with Crippen LogP contribution in [0.25, 0.3) is 22.2 Å². The van der Waals surface area contributed by atoms with E-state index in [0.717, 1.165) is 16.5 Å². The van der Waals surface area contributed by atoms with Crippen molar-refractivity contribution in [1.82, 2.24) is 4.98 Å². The van der Waals surface area contributed by atoms with Gasteiger partial charge >= 0.3 is 0 Å². The topological polar surface area (TPSA) is 33.1 Å². The molecule has 1 N–H and O–H groups in total. The highest BCUT2D eigenvalue weighted by atomic mass is 35.5. The molecule has 0 atom stereocenters. The summed E-state index contributed by atoms with van der Waals surface area (Å²) in [6.07, 6.45) is 0. The van der Waals surface area contributed by atoms with Crippen molar-refractivity contribution in [2.75, 3.05) is 0 Å². The Balaban J connectivity index is 2.21. The summed E-state index contributed by atoms with van der Waals surface area (Å²) in [7, 11) is 0. The Kier molecular flexibility index (Phi) is 3.05. The minimum Gasteiger partial charge on any atom is -0.506 e. The molecule has 2 nitrogen and oxygen atoms in total. The van der Waals surface area contributed by atoms with E-state index in [0.29, 0.717) is 15.7 Å². The van der Waals surface area contributed by atoms with Gasteiger partial charge in [0.15, 0.2) is 0 Å². The van der Waals surface area contributed by atoms with Crippen LogP contribution in [0.5, 0.6) is 5.75 Å². The number of hydrogen-bond acceptors (Lipinski definition) is 2. The quantitative estimate of drug-likeness (QED) is 0.690. The lowest BCUT2D eigenvalue weighted by Gasteiger charge is -2.06. The van der Waals surface area contributed by atoms with E-state index in [2.05, 4.69) is 4.98 Å². The summed E-state index contributed by atoms with van der Waals surface area (Å²) in [5.74, 6) is 0.122. The van der Waals surface area contributed by atoms with E-state index in [1.54, 1.807) is 30.3 Å². The molecule has 0 spiro atoms.